The highest BCUT2D eigenvalue weighted by Gasteiger charge is 2.29. The first-order valence-corrected chi connectivity index (χ1v) is 13.0. The number of carbonyl (C=O) groups is 2. The van der Waals surface area contributed by atoms with Gasteiger partial charge in [-0.15, -0.1) is 11.3 Å². The molecule has 0 radical (unpaired) electrons. The number of benzene rings is 1. The Morgan fingerprint density at radius 1 is 1.09 bits per heavy atom. The van der Waals surface area contributed by atoms with Crippen molar-refractivity contribution < 1.29 is 14.3 Å². The fraction of sp³-hybridized carbons (Fsp3) is 0.538. The number of aryl methyl sites for hydroxylation is 1. The van der Waals surface area contributed by atoms with Crippen LogP contribution in [0.25, 0.3) is 0 Å². The van der Waals surface area contributed by atoms with Crippen LogP contribution >= 0.6 is 11.3 Å². The number of nitrogens with one attached hydrogen (secondary N) is 2. The van der Waals surface area contributed by atoms with Crippen LogP contribution in [-0.2, 0) is 22.4 Å². The minimum Gasteiger partial charge on any atom is -0.462 e. The standard InChI is InChI=1S/C26H37N3O3S/c1-4-29(5-2)18-12-17-27-23(19-13-8-7-9-14-19)24(30)28-25-22(26(31)32-6-3)20-15-10-11-16-21(20)33-25/h7-9,13-14,23,27H,4-6,10-12,15-18H2,1-3H3,(H,28,30). The monoisotopic (exact) mass is 471 g/mol. The van der Waals surface area contributed by atoms with E-state index in [9.17, 15) is 9.59 Å². The Hall–Kier alpha value is -2.22. The van der Waals surface area contributed by atoms with Crippen molar-refractivity contribution in [2.75, 3.05) is 38.1 Å². The van der Waals surface area contributed by atoms with Crippen LogP contribution in [0.2, 0.25) is 0 Å². The number of fused-ring (bicyclic) bond motifs is 1. The average Bonchev–Trinajstić information content (AvgIpc) is 3.20. The summed E-state index contributed by atoms with van der Waals surface area (Å²) in [5.74, 6) is -0.483. The van der Waals surface area contributed by atoms with E-state index < -0.39 is 6.04 Å². The minimum atomic E-state index is -0.489. The number of amides is 1. The molecule has 0 bridgehead atoms. The van der Waals surface area contributed by atoms with Crippen molar-refractivity contribution in [2.45, 2.75) is 58.9 Å². The molecule has 6 nitrogen and oxygen atoms in total. The molecule has 3 rings (SSSR count). The summed E-state index contributed by atoms with van der Waals surface area (Å²) in [6.07, 6.45) is 4.95. The average molecular weight is 472 g/mol. The maximum Gasteiger partial charge on any atom is 0.341 e. The maximum atomic E-state index is 13.5. The van der Waals surface area contributed by atoms with E-state index in [0.717, 1.165) is 69.4 Å². The van der Waals surface area contributed by atoms with Crippen molar-refractivity contribution in [1.29, 1.82) is 0 Å². The Morgan fingerprint density at radius 2 is 1.82 bits per heavy atom. The first-order chi connectivity index (χ1) is 16.1. The Labute approximate surface area is 201 Å². The van der Waals surface area contributed by atoms with Gasteiger partial charge in [0.15, 0.2) is 0 Å². The third-order valence-electron chi connectivity index (χ3n) is 6.18. The van der Waals surface area contributed by atoms with Gasteiger partial charge in [0.25, 0.3) is 0 Å². The van der Waals surface area contributed by atoms with Gasteiger partial charge in [-0.3, -0.25) is 4.79 Å². The number of thiophene rings is 1. The maximum absolute atomic E-state index is 13.5. The number of hydrogen-bond donors (Lipinski definition) is 2. The van der Waals surface area contributed by atoms with E-state index in [1.54, 1.807) is 0 Å². The molecule has 7 heteroatoms. The summed E-state index contributed by atoms with van der Waals surface area (Å²) < 4.78 is 5.34. The normalized spacial score (nSPS) is 14.1. The van der Waals surface area contributed by atoms with Gasteiger partial charge in [0.2, 0.25) is 5.91 Å². The Bertz CT molecular complexity index is 909. The summed E-state index contributed by atoms with van der Waals surface area (Å²) >= 11 is 1.53. The topological polar surface area (TPSA) is 70.7 Å². The van der Waals surface area contributed by atoms with Crippen LogP contribution in [0.3, 0.4) is 0 Å². The van der Waals surface area contributed by atoms with E-state index in [2.05, 4.69) is 29.4 Å². The van der Waals surface area contributed by atoms with Crippen molar-refractivity contribution in [3.63, 3.8) is 0 Å². The van der Waals surface area contributed by atoms with Crippen LogP contribution in [0.4, 0.5) is 5.00 Å². The molecule has 1 heterocycles. The van der Waals surface area contributed by atoms with Gasteiger partial charge < -0.3 is 20.3 Å². The molecule has 1 unspecified atom stereocenters. The SMILES string of the molecule is CCOC(=O)c1c(NC(=O)C(NCCCN(CC)CC)c2ccccc2)sc2c1CCCC2. The number of nitrogens with zero attached hydrogens (tertiary/aromatic N) is 1. The zero-order chi connectivity index (χ0) is 23.6. The molecule has 0 saturated heterocycles. The van der Waals surface area contributed by atoms with Crippen LogP contribution in [-0.4, -0.2) is 49.6 Å². The fourth-order valence-corrected chi connectivity index (χ4v) is 5.63. The molecule has 1 atom stereocenters. The number of ether oxygens (including phenoxy) is 1. The van der Waals surface area contributed by atoms with Crippen molar-refractivity contribution >= 4 is 28.2 Å². The molecule has 33 heavy (non-hydrogen) atoms. The molecule has 1 aromatic carbocycles. The smallest absolute Gasteiger partial charge is 0.341 e. The highest BCUT2D eigenvalue weighted by Crippen LogP contribution is 2.39. The Kier molecular flexibility index (Phi) is 9.91. The number of carbonyl (C=O) groups excluding carboxylic acids is 2. The van der Waals surface area contributed by atoms with Crippen LogP contribution < -0.4 is 10.6 Å². The largest absolute Gasteiger partial charge is 0.462 e. The number of rotatable bonds is 12. The predicted molar refractivity (Wildman–Crippen MR) is 135 cm³/mol. The molecule has 2 aromatic rings. The highest BCUT2D eigenvalue weighted by atomic mass is 32.1. The zero-order valence-electron chi connectivity index (χ0n) is 20.1. The number of hydrogen-bond acceptors (Lipinski definition) is 6. The van der Waals surface area contributed by atoms with Crippen molar-refractivity contribution in [1.82, 2.24) is 10.2 Å². The molecule has 0 aliphatic heterocycles. The second-order valence-corrected chi connectivity index (χ2v) is 9.41. The highest BCUT2D eigenvalue weighted by molar-refractivity contribution is 7.17. The van der Waals surface area contributed by atoms with Gasteiger partial charge in [0.1, 0.15) is 11.0 Å². The molecule has 1 aromatic heterocycles. The molecule has 2 N–H and O–H groups in total. The van der Waals surface area contributed by atoms with Crippen LogP contribution in [0, 0.1) is 0 Å². The quantitative estimate of drug-likeness (QED) is 0.344. The van der Waals surface area contributed by atoms with Crippen LogP contribution in [0.15, 0.2) is 30.3 Å². The molecule has 0 spiro atoms. The second-order valence-electron chi connectivity index (χ2n) is 8.30. The molecule has 1 amide bonds. The van der Waals surface area contributed by atoms with Crippen molar-refractivity contribution in [3.05, 3.63) is 51.9 Å². The van der Waals surface area contributed by atoms with Crippen LogP contribution in [0.1, 0.15) is 72.4 Å². The molecule has 0 saturated carbocycles. The van der Waals surface area contributed by atoms with E-state index in [-0.39, 0.29) is 11.9 Å². The molecule has 180 valence electrons. The Morgan fingerprint density at radius 3 is 2.52 bits per heavy atom. The molecular formula is C26H37N3O3S. The van der Waals surface area contributed by atoms with Gasteiger partial charge in [-0.2, -0.15) is 0 Å². The van der Waals surface area contributed by atoms with Gasteiger partial charge in [0, 0.05) is 4.88 Å². The van der Waals surface area contributed by atoms with E-state index in [4.69, 9.17) is 4.74 Å². The van der Waals surface area contributed by atoms with E-state index >= 15 is 0 Å². The summed E-state index contributed by atoms with van der Waals surface area (Å²) in [4.78, 5) is 29.8. The summed E-state index contributed by atoms with van der Waals surface area (Å²) in [6, 6.07) is 9.28. The lowest BCUT2D eigenvalue weighted by molar-refractivity contribution is -0.118. The molecule has 0 fully saturated rings. The lowest BCUT2D eigenvalue weighted by atomic mass is 9.95. The third-order valence-corrected chi connectivity index (χ3v) is 7.38. The van der Waals surface area contributed by atoms with E-state index in [1.165, 1.54) is 16.2 Å². The van der Waals surface area contributed by atoms with Gasteiger partial charge in [-0.1, -0.05) is 44.2 Å². The lowest BCUT2D eigenvalue weighted by Gasteiger charge is -2.21. The summed E-state index contributed by atoms with van der Waals surface area (Å²) in [5.41, 5.74) is 2.53. The first-order valence-electron chi connectivity index (χ1n) is 12.2. The van der Waals surface area contributed by atoms with Gasteiger partial charge in [0.05, 0.1) is 12.2 Å². The number of anilines is 1. The minimum absolute atomic E-state index is 0.145. The lowest BCUT2D eigenvalue weighted by Crippen LogP contribution is -2.35. The molecule has 1 aliphatic carbocycles. The summed E-state index contributed by atoms with van der Waals surface area (Å²) in [6.45, 7) is 10.2. The second kappa shape index (κ2) is 12.9. The third kappa shape index (κ3) is 6.65. The van der Waals surface area contributed by atoms with Crippen molar-refractivity contribution in [2.24, 2.45) is 0 Å². The van der Waals surface area contributed by atoms with Crippen LogP contribution in [0.5, 0.6) is 0 Å². The fourth-order valence-electron chi connectivity index (χ4n) is 4.35. The predicted octanol–water partition coefficient (Wildman–Crippen LogP) is 4.80. The first kappa shape index (κ1) is 25.4. The van der Waals surface area contributed by atoms with Gasteiger partial charge >= 0.3 is 5.97 Å². The summed E-state index contributed by atoms with van der Waals surface area (Å²) in [7, 11) is 0. The van der Waals surface area contributed by atoms with Crippen molar-refractivity contribution in [3.8, 4) is 0 Å². The summed E-state index contributed by atoms with van der Waals surface area (Å²) in [5, 5.41) is 7.15. The van der Waals surface area contributed by atoms with E-state index in [0.29, 0.717) is 17.2 Å². The van der Waals surface area contributed by atoms with Gasteiger partial charge in [-0.05, 0) is 76.3 Å². The molecular weight excluding hydrogens is 434 g/mol. The van der Waals surface area contributed by atoms with E-state index in [1.807, 2.05) is 37.3 Å². The Balaban J connectivity index is 1.78. The zero-order valence-corrected chi connectivity index (χ0v) is 20.9. The number of esters is 1. The molecule has 1 aliphatic rings. The van der Waals surface area contributed by atoms with Gasteiger partial charge in [-0.25, -0.2) is 4.79 Å².